The molecule has 1 saturated carbocycles. The summed E-state index contributed by atoms with van der Waals surface area (Å²) in [5, 5.41) is 23.1. The van der Waals surface area contributed by atoms with Gasteiger partial charge in [0.1, 0.15) is 0 Å². The number of rotatable bonds is 5. The first-order valence-electron chi connectivity index (χ1n) is 8.88. The lowest BCUT2D eigenvalue weighted by atomic mass is 9.85. The summed E-state index contributed by atoms with van der Waals surface area (Å²) in [6.45, 7) is 4.66. The number of nitrogens with zero attached hydrogens (tertiary/aromatic N) is 5. The molecule has 4 rings (SSSR count). The smallest absolute Gasteiger partial charge is 0.165 e. The quantitative estimate of drug-likeness (QED) is 0.908. The maximum atomic E-state index is 10.9. The Bertz CT molecular complexity index is 701. The maximum absolute atomic E-state index is 10.9. The van der Waals surface area contributed by atoms with Gasteiger partial charge < -0.3 is 5.11 Å². The molecule has 1 aliphatic heterocycles. The molecule has 6 heteroatoms. The van der Waals surface area contributed by atoms with E-state index in [1.807, 2.05) is 4.68 Å². The Morgan fingerprint density at radius 2 is 2.04 bits per heavy atom. The second-order valence-electron chi connectivity index (χ2n) is 7.44. The van der Waals surface area contributed by atoms with Gasteiger partial charge in [0.25, 0.3) is 0 Å². The van der Waals surface area contributed by atoms with Crippen molar-refractivity contribution < 1.29 is 5.11 Å². The molecule has 1 aromatic carbocycles. The van der Waals surface area contributed by atoms with Gasteiger partial charge in [-0.25, -0.2) is 4.68 Å². The first kappa shape index (κ1) is 15.7. The Labute approximate surface area is 142 Å². The largest absolute Gasteiger partial charge is 0.389 e. The number of tetrazole rings is 1. The van der Waals surface area contributed by atoms with Crippen LogP contribution in [0.1, 0.15) is 48.7 Å². The standard InChI is InChI=1S/C18H25N5O/c1-14-3-2-4-15(11-14)12-18(24)7-9-22(10-8-18)13-17-19-20-21-23(17)16-5-6-16/h2-4,11,16,24H,5-10,12-13H2,1H3. The first-order chi connectivity index (χ1) is 11.6. The molecule has 2 fully saturated rings. The van der Waals surface area contributed by atoms with Gasteiger partial charge in [-0.15, -0.1) is 5.10 Å². The number of aryl methyl sites for hydroxylation is 1. The van der Waals surface area contributed by atoms with Gasteiger partial charge in [-0.2, -0.15) is 0 Å². The predicted molar refractivity (Wildman–Crippen MR) is 90.4 cm³/mol. The van der Waals surface area contributed by atoms with E-state index >= 15 is 0 Å². The highest BCUT2D eigenvalue weighted by Gasteiger charge is 2.34. The molecule has 0 atom stereocenters. The lowest BCUT2D eigenvalue weighted by molar-refractivity contribution is -0.0232. The van der Waals surface area contributed by atoms with Crippen LogP contribution in [0.15, 0.2) is 24.3 Å². The topological polar surface area (TPSA) is 67.1 Å². The van der Waals surface area contributed by atoms with Gasteiger partial charge in [-0.1, -0.05) is 29.8 Å². The molecular formula is C18H25N5O. The van der Waals surface area contributed by atoms with Gasteiger partial charge in [0, 0.05) is 19.5 Å². The van der Waals surface area contributed by atoms with E-state index in [1.54, 1.807) is 0 Å². The third-order valence-electron chi connectivity index (χ3n) is 5.22. The van der Waals surface area contributed by atoms with E-state index in [0.717, 1.165) is 44.7 Å². The van der Waals surface area contributed by atoms with Crippen LogP contribution >= 0.6 is 0 Å². The van der Waals surface area contributed by atoms with Gasteiger partial charge in [-0.05, 0) is 48.6 Å². The zero-order valence-corrected chi connectivity index (χ0v) is 14.2. The van der Waals surface area contributed by atoms with E-state index < -0.39 is 5.60 Å². The van der Waals surface area contributed by atoms with Crippen LogP contribution in [0, 0.1) is 6.92 Å². The van der Waals surface area contributed by atoms with Crippen LogP contribution in [0.5, 0.6) is 0 Å². The Morgan fingerprint density at radius 1 is 1.25 bits per heavy atom. The number of piperidine rings is 1. The van der Waals surface area contributed by atoms with Crippen LogP contribution in [0.3, 0.4) is 0 Å². The molecule has 0 amide bonds. The molecule has 2 heterocycles. The van der Waals surface area contributed by atoms with E-state index in [-0.39, 0.29) is 0 Å². The summed E-state index contributed by atoms with van der Waals surface area (Å²) in [6, 6.07) is 8.97. The molecule has 0 unspecified atom stereocenters. The lowest BCUT2D eigenvalue weighted by Crippen LogP contribution is -2.45. The van der Waals surface area contributed by atoms with Gasteiger partial charge in [0.05, 0.1) is 18.2 Å². The van der Waals surface area contributed by atoms with Gasteiger partial charge in [-0.3, -0.25) is 4.90 Å². The van der Waals surface area contributed by atoms with Gasteiger partial charge in [0.2, 0.25) is 0 Å². The Hall–Kier alpha value is -1.79. The third-order valence-corrected chi connectivity index (χ3v) is 5.22. The minimum Gasteiger partial charge on any atom is -0.389 e. The highest BCUT2D eigenvalue weighted by Crippen LogP contribution is 2.35. The van der Waals surface area contributed by atoms with Crippen molar-refractivity contribution in [3.63, 3.8) is 0 Å². The molecule has 2 aromatic rings. The van der Waals surface area contributed by atoms with Gasteiger partial charge in [0.15, 0.2) is 5.82 Å². The summed E-state index contributed by atoms with van der Waals surface area (Å²) < 4.78 is 1.98. The van der Waals surface area contributed by atoms with Crippen molar-refractivity contribution in [2.75, 3.05) is 13.1 Å². The lowest BCUT2D eigenvalue weighted by Gasteiger charge is -2.38. The van der Waals surface area contributed by atoms with Gasteiger partial charge >= 0.3 is 0 Å². The maximum Gasteiger partial charge on any atom is 0.165 e. The molecule has 0 bridgehead atoms. The second-order valence-corrected chi connectivity index (χ2v) is 7.44. The van der Waals surface area contributed by atoms with Crippen LogP contribution in [0.2, 0.25) is 0 Å². The summed E-state index contributed by atoms with van der Waals surface area (Å²) >= 11 is 0. The highest BCUT2D eigenvalue weighted by molar-refractivity contribution is 5.23. The number of benzene rings is 1. The monoisotopic (exact) mass is 327 g/mol. The summed E-state index contributed by atoms with van der Waals surface area (Å²) in [7, 11) is 0. The normalized spacial score (nSPS) is 21.1. The number of aliphatic hydroxyl groups is 1. The zero-order chi connectivity index (χ0) is 16.6. The molecule has 1 N–H and O–H groups in total. The number of hydrogen-bond acceptors (Lipinski definition) is 5. The Balaban J connectivity index is 1.35. The Morgan fingerprint density at radius 3 is 2.75 bits per heavy atom. The van der Waals surface area contributed by atoms with Crippen molar-refractivity contribution in [3.05, 3.63) is 41.2 Å². The van der Waals surface area contributed by atoms with Crippen molar-refractivity contribution in [2.45, 2.75) is 57.2 Å². The van der Waals surface area contributed by atoms with E-state index in [1.165, 1.54) is 24.0 Å². The number of aromatic nitrogens is 4. The predicted octanol–water partition coefficient (Wildman–Crippen LogP) is 1.89. The number of likely N-dealkylation sites (tertiary alicyclic amines) is 1. The second kappa shape index (κ2) is 6.26. The van der Waals surface area contributed by atoms with E-state index in [0.29, 0.717) is 6.04 Å². The molecule has 128 valence electrons. The molecule has 1 aromatic heterocycles. The van der Waals surface area contributed by atoms with Crippen molar-refractivity contribution in [2.24, 2.45) is 0 Å². The van der Waals surface area contributed by atoms with E-state index in [2.05, 4.69) is 51.6 Å². The fourth-order valence-electron chi connectivity index (χ4n) is 3.63. The Kier molecular flexibility index (Phi) is 4.10. The van der Waals surface area contributed by atoms with Crippen LogP contribution in [-0.4, -0.2) is 48.9 Å². The summed E-state index contributed by atoms with van der Waals surface area (Å²) in [5.41, 5.74) is 1.89. The zero-order valence-electron chi connectivity index (χ0n) is 14.2. The van der Waals surface area contributed by atoms with Crippen LogP contribution in [0.25, 0.3) is 0 Å². The van der Waals surface area contributed by atoms with Crippen molar-refractivity contribution >= 4 is 0 Å². The molecule has 2 aliphatic rings. The molecule has 1 aliphatic carbocycles. The summed E-state index contributed by atoms with van der Waals surface area (Å²) in [6.07, 6.45) is 4.71. The average Bonchev–Trinajstić information content (AvgIpc) is 3.29. The fraction of sp³-hybridized carbons (Fsp3) is 0.611. The molecule has 1 saturated heterocycles. The SMILES string of the molecule is Cc1cccc(CC2(O)CCN(Cc3nnnn3C3CC3)CC2)c1. The molecule has 6 nitrogen and oxygen atoms in total. The summed E-state index contributed by atoms with van der Waals surface area (Å²) in [4.78, 5) is 2.36. The highest BCUT2D eigenvalue weighted by atomic mass is 16.3. The summed E-state index contributed by atoms with van der Waals surface area (Å²) in [5.74, 6) is 0.960. The molecule has 0 spiro atoms. The minimum absolute atomic E-state index is 0.512. The van der Waals surface area contributed by atoms with Crippen molar-refractivity contribution in [3.8, 4) is 0 Å². The van der Waals surface area contributed by atoms with Crippen LogP contribution in [0.4, 0.5) is 0 Å². The van der Waals surface area contributed by atoms with Crippen molar-refractivity contribution in [1.29, 1.82) is 0 Å². The van der Waals surface area contributed by atoms with Crippen LogP contribution in [-0.2, 0) is 13.0 Å². The molecular weight excluding hydrogens is 302 g/mol. The molecule has 24 heavy (non-hydrogen) atoms. The number of hydrogen-bond donors (Lipinski definition) is 1. The molecule has 0 radical (unpaired) electrons. The average molecular weight is 327 g/mol. The van der Waals surface area contributed by atoms with Crippen LogP contribution < -0.4 is 0 Å². The third kappa shape index (κ3) is 3.49. The van der Waals surface area contributed by atoms with E-state index in [4.69, 9.17) is 0 Å². The minimum atomic E-state index is -0.591. The van der Waals surface area contributed by atoms with Crippen molar-refractivity contribution in [1.82, 2.24) is 25.1 Å². The fourth-order valence-corrected chi connectivity index (χ4v) is 3.63. The first-order valence-corrected chi connectivity index (χ1v) is 8.88. The van der Waals surface area contributed by atoms with E-state index in [9.17, 15) is 5.11 Å².